The summed E-state index contributed by atoms with van der Waals surface area (Å²) in [5.74, 6) is 0.0846. The van der Waals surface area contributed by atoms with Crippen molar-refractivity contribution in [1.29, 1.82) is 0 Å². The number of carbonyl (C=O) groups excluding carboxylic acids is 1. The van der Waals surface area contributed by atoms with Gasteiger partial charge in [-0.15, -0.1) is 11.3 Å². The third kappa shape index (κ3) is 1.99. The van der Waals surface area contributed by atoms with E-state index in [0.29, 0.717) is 17.9 Å². The molecule has 0 fully saturated rings. The van der Waals surface area contributed by atoms with Gasteiger partial charge in [-0.3, -0.25) is 0 Å². The Hall–Kier alpha value is -1.62. The van der Waals surface area contributed by atoms with Crippen LogP contribution in [0.15, 0.2) is 22.2 Å². The molecule has 0 atom stereocenters. The van der Waals surface area contributed by atoms with Crippen LogP contribution in [0.1, 0.15) is 22.8 Å². The molecule has 2 aromatic rings. The van der Waals surface area contributed by atoms with Gasteiger partial charge >= 0.3 is 5.97 Å². The second kappa shape index (κ2) is 4.49. The number of nitrogens with zero attached hydrogens (tertiary/aromatic N) is 1. The van der Waals surface area contributed by atoms with Crippen LogP contribution in [0, 0.1) is 6.92 Å². The predicted octanol–water partition coefficient (Wildman–Crippen LogP) is 2.89. The summed E-state index contributed by atoms with van der Waals surface area (Å²) in [4.78, 5) is 12.5. The van der Waals surface area contributed by atoms with Crippen LogP contribution >= 0.6 is 11.3 Å². The van der Waals surface area contributed by atoms with Crippen molar-refractivity contribution < 1.29 is 14.1 Å². The van der Waals surface area contributed by atoms with Crippen LogP contribution in [0.3, 0.4) is 0 Å². The number of carbonyl (C=O) groups is 1. The lowest BCUT2D eigenvalue weighted by Crippen LogP contribution is -2.04. The average Bonchev–Trinajstić information content (AvgIpc) is 2.85. The Balaban J connectivity index is 2.36. The molecule has 0 radical (unpaired) electrons. The Bertz CT molecular complexity index is 501. The molecule has 0 saturated heterocycles. The Morgan fingerprint density at radius 3 is 3.06 bits per heavy atom. The molecule has 16 heavy (non-hydrogen) atoms. The Labute approximate surface area is 96.8 Å². The predicted molar refractivity (Wildman–Crippen MR) is 60.5 cm³/mol. The summed E-state index contributed by atoms with van der Waals surface area (Å²) in [7, 11) is 0. The normalized spacial score (nSPS) is 10.4. The molecule has 0 aromatic carbocycles. The Morgan fingerprint density at radius 1 is 1.62 bits per heavy atom. The molecule has 2 aromatic heterocycles. The molecule has 2 rings (SSSR count). The van der Waals surface area contributed by atoms with Crippen LogP contribution in [-0.2, 0) is 4.74 Å². The van der Waals surface area contributed by atoms with Crippen molar-refractivity contribution in [1.82, 2.24) is 5.16 Å². The SMILES string of the molecule is CCOC(=O)c1cnoc1-c1cc(C)cs1. The molecular formula is C11H11NO3S. The van der Waals surface area contributed by atoms with E-state index in [0.717, 1.165) is 10.4 Å². The minimum absolute atomic E-state index is 0.340. The van der Waals surface area contributed by atoms with Gasteiger partial charge in [0.25, 0.3) is 0 Å². The van der Waals surface area contributed by atoms with Gasteiger partial charge in [0.1, 0.15) is 5.56 Å². The number of aromatic nitrogens is 1. The first kappa shape index (κ1) is 10.9. The van der Waals surface area contributed by atoms with Gasteiger partial charge in [-0.2, -0.15) is 0 Å². The van der Waals surface area contributed by atoms with Gasteiger partial charge in [0, 0.05) is 0 Å². The van der Waals surface area contributed by atoms with E-state index in [2.05, 4.69) is 5.16 Å². The highest BCUT2D eigenvalue weighted by molar-refractivity contribution is 7.13. The van der Waals surface area contributed by atoms with Crippen LogP contribution in [0.2, 0.25) is 0 Å². The highest BCUT2D eigenvalue weighted by atomic mass is 32.1. The second-order valence-corrected chi connectivity index (χ2v) is 4.19. The fourth-order valence-corrected chi connectivity index (χ4v) is 2.21. The molecule has 84 valence electrons. The van der Waals surface area contributed by atoms with E-state index < -0.39 is 5.97 Å². The first-order valence-corrected chi connectivity index (χ1v) is 5.77. The van der Waals surface area contributed by atoms with E-state index in [4.69, 9.17) is 9.26 Å². The summed E-state index contributed by atoms with van der Waals surface area (Å²) in [6.45, 7) is 4.09. The van der Waals surface area contributed by atoms with E-state index in [1.54, 1.807) is 6.92 Å². The number of aryl methyl sites for hydroxylation is 1. The highest BCUT2D eigenvalue weighted by Crippen LogP contribution is 2.30. The fraction of sp³-hybridized carbons (Fsp3) is 0.273. The van der Waals surface area contributed by atoms with Crippen molar-refractivity contribution in [2.75, 3.05) is 6.61 Å². The zero-order chi connectivity index (χ0) is 11.5. The van der Waals surface area contributed by atoms with Gasteiger partial charge in [0.2, 0.25) is 0 Å². The lowest BCUT2D eigenvalue weighted by Gasteiger charge is -1.98. The van der Waals surface area contributed by atoms with Crippen LogP contribution in [0.5, 0.6) is 0 Å². The molecule has 4 nitrogen and oxygen atoms in total. The quantitative estimate of drug-likeness (QED) is 0.770. The van der Waals surface area contributed by atoms with E-state index in [1.165, 1.54) is 17.5 Å². The molecule has 0 aliphatic carbocycles. The third-order valence-electron chi connectivity index (χ3n) is 2.02. The standard InChI is InChI=1S/C11H11NO3S/c1-3-14-11(13)8-5-12-15-10(8)9-4-7(2)6-16-9/h4-6H,3H2,1-2H3. The van der Waals surface area contributed by atoms with Gasteiger partial charge in [-0.25, -0.2) is 4.79 Å². The van der Waals surface area contributed by atoms with Crippen molar-refractivity contribution in [2.45, 2.75) is 13.8 Å². The van der Waals surface area contributed by atoms with Crippen LogP contribution < -0.4 is 0 Å². The fourth-order valence-electron chi connectivity index (χ4n) is 1.32. The third-order valence-corrected chi connectivity index (χ3v) is 3.07. The number of esters is 1. The first-order chi connectivity index (χ1) is 7.72. The number of thiophene rings is 1. The van der Waals surface area contributed by atoms with Gasteiger partial charge in [0.15, 0.2) is 5.76 Å². The molecule has 0 unspecified atom stereocenters. The summed E-state index contributed by atoms with van der Waals surface area (Å²) in [5, 5.41) is 5.63. The minimum Gasteiger partial charge on any atom is -0.462 e. The summed E-state index contributed by atoms with van der Waals surface area (Å²) in [6.07, 6.45) is 1.39. The van der Waals surface area contributed by atoms with Crippen LogP contribution in [0.25, 0.3) is 10.6 Å². The molecular weight excluding hydrogens is 226 g/mol. The van der Waals surface area contributed by atoms with Gasteiger partial charge in [0.05, 0.1) is 17.7 Å². The lowest BCUT2D eigenvalue weighted by atomic mass is 10.2. The smallest absolute Gasteiger partial charge is 0.343 e. The van der Waals surface area contributed by atoms with Crippen molar-refractivity contribution >= 4 is 17.3 Å². The Kier molecular flexibility index (Phi) is 3.05. The molecule has 2 heterocycles. The minimum atomic E-state index is -0.398. The summed E-state index contributed by atoms with van der Waals surface area (Å²) >= 11 is 1.52. The molecule has 0 amide bonds. The molecule has 0 saturated carbocycles. The van der Waals surface area contributed by atoms with Crippen molar-refractivity contribution in [3.8, 4) is 10.6 Å². The van der Waals surface area contributed by atoms with E-state index >= 15 is 0 Å². The average molecular weight is 237 g/mol. The van der Waals surface area contributed by atoms with Crippen molar-refractivity contribution in [3.05, 3.63) is 28.8 Å². The first-order valence-electron chi connectivity index (χ1n) is 4.89. The van der Waals surface area contributed by atoms with E-state index in [9.17, 15) is 4.79 Å². The second-order valence-electron chi connectivity index (χ2n) is 3.28. The van der Waals surface area contributed by atoms with E-state index in [-0.39, 0.29) is 0 Å². The zero-order valence-corrected chi connectivity index (χ0v) is 9.84. The number of hydrogen-bond acceptors (Lipinski definition) is 5. The lowest BCUT2D eigenvalue weighted by molar-refractivity contribution is 0.0527. The van der Waals surface area contributed by atoms with Gasteiger partial charge < -0.3 is 9.26 Å². The van der Waals surface area contributed by atoms with Crippen molar-refractivity contribution in [3.63, 3.8) is 0 Å². The number of rotatable bonds is 3. The summed E-state index contributed by atoms with van der Waals surface area (Å²) in [6, 6.07) is 1.95. The number of ether oxygens (including phenoxy) is 1. The maximum absolute atomic E-state index is 11.6. The summed E-state index contributed by atoms with van der Waals surface area (Å²) < 4.78 is 10.0. The topological polar surface area (TPSA) is 52.3 Å². The maximum atomic E-state index is 11.6. The molecule has 0 aliphatic heterocycles. The molecule has 5 heteroatoms. The van der Waals surface area contributed by atoms with Gasteiger partial charge in [-0.1, -0.05) is 5.16 Å². The van der Waals surface area contributed by atoms with Crippen molar-refractivity contribution in [2.24, 2.45) is 0 Å². The maximum Gasteiger partial charge on any atom is 0.343 e. The van der Waals surface area contributed by atoms with Gasteiger partial charge in [-0.05, 0) is 30.9 Å². The van der Waals surface area contributed by atoms with E-state index in [1.807, 2.05) is 18.4 Å². The largest absolute Gasteiger partial charge is 0.462 e. The highest BCUT2D eigenvalue weighted by Gasteiger charge is 2.19. The zero-order valence-electron chi connectivity index (χ0n) is 9.02. The molecule has 0 bridgehead atoms. The Morgan fingerprint density at radius 2 is 2.44 bits per heavy atom. The molecule has 0 N–H and O–H groups in total. The monoisotopic (exact) mass is 237 g/mol. The summed E-state index contributed by atoms with van der Waals surface area (Å²) in [5.41, 5.74) is 1.51. The molecule has 0 spiro atoms. The number of hydrogen-bond donors (Lipinski definition) is 0. The van der Waals surface area contributed by atoms with Crippen LogP contribution in [0.4, 0.5) is 0 Å². The van der Waals surface area contributed by atoms with Crippen LogP contribution in [-0.4, -0.2) is 17.7 Å². The molecule has 0 aliphatic rings.